The van der Waals surface area contributed by atoms with E-state index in [1.54, 1.807) is 6.92 Å². The first-order valence-corrected chi connectivity index (χ1v) is 2.68. The molecule has 1 unspecified atom stereocenters. The summed E-state index contributed by atoms with van der Waals surface area (Å²) in [5, 5.41) is 16.7. The molecule has 0 radical (unpaired) electrons. The van der Waals surface area contributed by atoms with Crippen molar-refractivity contribution in [3.05, 3.63) is 0 Å². The van der Waals surface area contributed by atoms with Gasteiger partial charge in [0.15, 0.2) is 6.10 Å². The zero-order valence-corrected chi connectivity index (χ0v) is 6.43. The number of aliphatic hydroxyl groups is 2. The SMILES string of the molecule is CCOC(=O)C(O)CO.Cl. The lowest BCUT2D eigenvalue weighted by atomic mass is 10.4. The molecule has 0 aromatic heterocycles. The van der Waals surface area contributed by atoms with Gasteiger partial charge in [0.1, 0.15) is 0 Å². The molecule has 0 aliphatic carbocycles. The fourth-order valence-corrected chi connectivity index (χ4v) is 0.313. The predicted molar refractivity (Wildman–Crippen MR) is 37.0 cm³/mol. The van der Waals surface area contributed by atoms with Crippen LogP contribution in [0, 0.1) is 0 Å². The summed E-state index contributed by atoms with van der Waals surface area (Å²) in [6.07, 6.45) is -1.38. The Labute approximate surface area is 65.2 Å². The maximum absolute atomic E-state index is 10.3. The summed E-state index contributed by atoms with van der Waals surface area (Å²) in [6.45, 7) is 1.26. The second-order valence-corrected chi connectivity index (χ2v) is 1.45. The molecule has 0 saturated heterocycles. The van der Waals surface area contributed by atoms with Gasteiger partial charge in [0, 0.05) is 0 Å². The smallest absolute Gasteiger partial charge is 0.337 e. The Bertz CT molecular complexity index is 95.6. The normalized spacial score (nSPS) is 11.5. The number of halogens is 1. The van der Waals surface area contributed by atoms with Gasteiger partial charge in [-0.1, -0.05) is 0 Å². The van der Waals surface area contributed by atoms with E-state index in [4.69, 9.17) is 10.2 Å². The van der Waals surface area contributed by atoms with Gasteiger partial charge in [0.2, 0.25) is 0 Å². The summed E-state index contributed by atoms with van der Waals surface area (Å²) in [5.74, 6) is -0.778. The molecule has 10 heavy (non-hydrogen) atoms. The molecule has 0 bridgehead atoms. The van der Waals surface area contributed by atoms with Gasteiger partial charge in [0.05, 0.1) is 13.2 Å². The van der Waals surface area contributed by atoms with Crippen LogP contribution in [0.3, 0.4) is 0 Å². The van der Waals surface area contributed by atoms with E-state index in [9.17, 15) is 4.79 Å². The highest BCUT2D eigenvalue weighted by Gasteiger charge is 2.13. The zero-order chi connectivity index (χ0) is 7.28. The Balaban J connectivity index is 0. The van der Waals surface area contributed by atoms with E-state index in [1.807, 2.05) is 0 Å². The Morgan fingerprint density at radius 1 is 1.70 bits per heavy atom. The first kappa shape index (κ1) is 12.4. The highest BCUT2D eigenvalue weighted by atomic mass is 35.5. The average Bonchev–Trinajstić information content (AvgIpc) is 1.87. The highest BCUT2D eigenvalue weighted by Crippen LogP contribution is 1.85. The molecule has 0 aliphatic heterocycles. The fraction of sp³-hybridized carbons (Fsp3) is 0.800. The number of hydrogen-bond donors (Lipinski definition) is 2. The molecular formula is C5H11ClO4. The van der Waals surface area contributed by atoms with E-state index in [0.717, 1.165) is 0 Å². The molecule has 0 fully saturated rings. The van der Waals surface area contributed by atoms with Crippen molar-refractivity contribution in [2.24, 2.45) is 0 Å². The quantitative estimate of drug-likeness (QED) is 0.551. The highest BCUT2D eigenvalue weighted by molar-refractivity contribution is 5.85. The first-order valence-electron chi connectivity index (χ1n) is 2.68. The van der Waals surface area contributed by atoms with Gasteiger partial charge in [-0.25, -0.2) is 4.79 Å². The lowest BCUT2D eigenvalue weighted by Crippen LogP contribution is -2.26. The molecule has 2 N–H and O–H groups in total. The van der Waals surface area contributed by atoms with E-state index in [-0.39, 0.29) is 19.0 Å². The maximum Gasteiger partial charge on any atom is 0.337 e. The predicted octanol–water partition coefficient (Wildman–Crippen LogP) is -0.675. The van der Waals surface area contributed by atoms with Gasteiger partial charge < -0.3 is 14.9 Å². The van der Waals surface area contributed by atoms with Crippen molar-refractivity contribution < 1.29 is 19.7 Å². The molecule has 0 rings (SSSR count). The van der Waals surface area contributed by atoms with Gasteiger partial charge in [-0.2, -0.15) is 0 Å². The zero-order valence-electron chi connectivity index (χ0n) is 5.61. The van der Waals surface area contributed by atoms with Crippen molar-refractivity contribution in [1.82, 2.24) is 0 Å². The van der Waals surface area contributed by atoms with Gasteiger partial charge in [0.25, 0.3) is 0 Å². The van der Waals surface area contributed by atoms with Crippen molar-refractivity contribution >= 4 is 18.4 Å². The van der Waals surface area contributed by atoms with Crippen LogP contribution in [0.5, 0.6) is 0 Å². The number of hydrogen-bond acceptors (Lipinski definition) is 4. The van der Waals surface area contributed by atoms with E-state index >= 15 is 0 Å². The number of carbonyl (C=O) groups is 1. The average molecular weight is 171 g/mol. The number of ether oxygens (including phenoxy) is 1. The minimum atomic E-state index is -1.38. The third kappa shape index (κ3) is 4.55. The van der Waals surface area contributed by atoms with Crippen molar-refractivity contribution in [1.29, 1.82) is 0 Å². The number of rotatable bonds is 3. The Hall–Kier alpha value is -0.320. The molecule has 0 amide bonds. The molecular weight excluding hydrogens is 160 g/mol. The van der Waals surface area contributed by atoms with Crippen molar-refractivity contribution in [3.8, 4) is 0 Å². The van der Waals surface area contributed by atoms with Crippen LogP contribution in [0.2, 0.25) is 0 Å². The molecule has 0 aromatic carbocycles. The van der Waals surface area contributed by atoms with E-state index in [1.165, 1.54) is 0 Å². The fourth-order valence-electron chi connectivity index (χ4n) is 0.313. The molecule has 5 heteroatoms. The summed E-state index contributed by atoms with van der Waals surface area (Å²) >= 11 is 0. The number of aliphatic hydroxyl groups excluding tert-OH is 2. The molecule has 0 saturated carbocycles. The molecule has 4 nitrogen and oxygen atoms in total. The van der Waals surface area contributed by atoms with E-state index < -0.39 is 18.7 Å². The summed E-state index contributed by atoms with van der Waals surface area (Å²) in [6, 6.07) is 0. The van der Waals surface area contributed by atoms with Gasteiger partial charge in [-0.05, 0) is 6.92 Å². The van der Waals surface area contributed by atoms with E-state index in [0.29, 0.717) is 0 Å². The Morgan fingerprint density at radius 2 is 2.20 bits per heavy atom. The van der Waals surface area contributed by atoms with Gasteiger partial charge in [-0.3, -0.25) is 0 Å². The Morgan fingerprint density at radius 3 is 2.50 bits per heavy atom. The standard InChI is InChI=1S/C5H10O4.ClH/c1-2-9-5(8)4(7)3-6;/h4,6-7H,2-3H2,1H3;1H. The number of esters is 1. The summed E-state index contributed by atoms with van der Waals surface area (Å²) in [7, 11) is 0. The second kappa shape index (κ2) is 6.80. The first-order chi connectivity index (χ1) is 4.22. The molecule has 0 aliphatic rings. The molecule has 0 spiro atoms. The van der Waals surface area contributed by atoms with Crippen LogP contribution in [0.25, 0.3) is 0 Å². The van der Waals surface area contributed by atoms with Crippen LogP contribution in [0.1, 0.15) is 6.92 Å². The third-order valence-corrected chi connectivity index (χ3v) is 0.732. The van der Waals surface area contributed by atoms with Crippen molar-refractivity contribution in [3.63, 3.8) is 0 Å². The molecule has 0 aromatic rings. The van der Waals surface area contributed by atoms with Crippen LogP contribution in [-0.2, 0) is 9.53 Å². The maximum atomic E-state index is 10.3. The van der Waals surface area contributed by atoms with Gasteiger partial charge in [-0.15, -0.1) is 12.4 Å². The molecule has 62 valence electrons. The van der Waals surface area contributed by atoms with Crippen molar-refractivity contribution in [2.45, 2.75) is 13.0 Å². The van der Waals surface area contributed by atoms with Crippen LogP contribution in [0.4, 0.5) is 0 Å². The van der Waals surface area contributed by atoms with Gasteiger partial charge >= 0.3 is 5.97 Å². The third-order valence-electron chi connectivity index (χ3n) is 0.732. The van der Waals surface area contributed by atoms with E-state index in [2.05, 4.69) is 4.74 Å². The Kier molecular flexibility index (Phi) is 8.40. The van der Waals surface area contributed by atoms with Crippen LogP contribution < -0.4 is 0 Å². The van der Waals surface area contributed by atoms with Crippen LogP contribution >= 0.6 is 12.4 Å². The lowest BCUT2D eigenvalue weighted by Gasteiger charge is -2.04. The lowest BCUT2D eigenvalue weighted by molar-refractivity contribution is -0.154. The largest absolute Gasteiger partial charge is 0.464 e. The summed E-state index contributed by atoms with van der Waals surface area (Å²) < 4.78 is 4.35. The minimum absolute atomic E-state index is 0. The second-order valence-electron chi connectivity index (χ2n) is 1.45. The topological polar surface area (TPSA) is 66.8 Å². The van der Waals surface area contributed by atoms with Crippen molar-refractivity contribution in [2.75, 3.05) is 13.2 Å². The monoisotopic (exact) mass is 170 g/mol. The van der Waals surface area contributed by atoms with Crippen LogP contribution in [-0.4, -0.2) is 35.5 Å². The van der Waals surface area contributed by atoms with Crippen LogP contribution in [0.15, 0.2) is 0 Å². The summed E-state index contributed by atoms with van der Waals surface area (Å²) in [4.78, 5) is 10.3. The molecule has 1 atom stereocenters. The molecule has 0 heterocycles. The minimum Gasteiger partial charge on any atom is -0.464 e. The summed E-state index contributed by atoms with van der Waals surface area (Å²) in [5.41, 5.74) is 0. The number of carbonyl (C=O) groups excluding carboxylic acids is 1.